The Balaban J connectivity index is 0.000000155. The lowest BCUT2D eigenvalue weighted by molar-refractivity contribution is 0.0834. The molecule has 2 unspecified atom stereocenters. The monoisotopic (exact) mass is 512 g/mol. The summed E-state index contributed by atoms with van der Waals surface area (Å²) in [5.41, 5.74) is 2.07. The molecule has 0 radical (unpaired) electrons. The van der Waals surface area contributed by atoms with Crippen molar-refractivity contribution >= 4 is 11.6 Å². The summed E-state index contributed by atoms with van der Waals surface area (Å²) in [5, 5.41) is 38.3. The third-order valence-electron chi connectivity index (χ3n) is 6.31. The quantitative estimate of drug-likeness (QED) is 0.272. The van der Waals surface area contributed by atoms with Crippen LogP contribution in [0.2, 0.25) is 0 Å². The molecule has 0 spiro atoms. The molecular weight excluding hydrogens is 488 g/mol. The van der Waals surface area contributed by atoms with E-state index in [4.69, 9.17) is 9.47 Å². The molecule has 0 aliphatic carbocycles. The molecule has 4 N–H and O–H groups in total. The van der Waals surface area contributed by atoms with Crippen molar-refractivity contribution in [3.8, 4) is 34.5 Å². The van der Waals surface area contributed by atoms with Gasteiger partial charge < -0.3 is 29.9 Å². The van der Waals surface area contributed by atoms with Gasteiger partial charge in [0.05, 0.1) is 12.8 Å². The zero-order chi connectivity index (χ0) is 26.8. The first-order valence-electron chi connectivity index (χ1n) is 11.9. The van der Waals surface area contributed by atoms with Crippen molar-refractivity contribution in [3.63, 3.8) is 0 Å². The average molecular weight is 513 g/mol. The summed E-state index contributed by atoms with van der Waals surface area (Å²) >= 11 is 0. The predicted octanol–water partition coefficient (Wildman–Crippen LogP) is 5.61. The number of rotatable bonds is 2. The van der Waals surface area contributed by atoms with E-state index in [9.17, 15) is 30.0 Å². The van der Waals surface area contributed by atoms with Gasteiger partial charge in [0.15, 0.2) is 11.6 Å². The van der Waals surface area contributed by atoms with Crippen LogP contribution in [0.15, 0.2) is 84.9 Å². The summed E-state index contributed by atoms with van der Waals surface area (Å²) in [6, 6.07) is 23.8. The van der Waals surface area contributed by atoms with E-state index in [0.29, 0.717) is 0 Å². The minimum absolute atomic E-state index is 0.127. The van der Waals surface area contributed by atoms with Gasteiger partial charge in [0.2, 0.25) is 0 Å². The number of Topliss-reactive ketones (excluding diaryl/α,β-unsaturated/α-hetero) is 2. The Kier molecular flexibility index (Phi) is 6.62. The zero-order valence-corrected chi connectivity index (χ0v) is 20.1. The van der Waals surface area contributed by atoms with Crippen molar-refractivity contribution in [2.45, 2.75) is 25.0 Å². The van der Waals surface area contributed by atoms with Crippen molar-refractivity contribution in [2.24, 2.45) is 0 Å². The molecule has 0 saturated heterocycles. The van der Waals surface area contributed by atoms with Crippen molar-refractivity contribution < 1.29 is 39.5 Å². The van der Waals surface area contributed by atoms with Crippen LogP contribution in [0.3, 0.4) is 0 Å². The van der Waals surface area contributed by atoms with Gasteiger partial charge in [-0.3, -0.25) is 9.59 Å². The lowest BCUT2D eigenvalue weighted by Gasteiger charge is -2.26. The fourth-order valence-electron chi connectivity index (χ4n) is 4.56. The lowest BCUT2D eigenvalue weighted by Crippen LogP contribution is -2.20. The maximum atomic E-state index is 12.1. The van der Waals surface area contributed by atoms with Gasteiger partial charge in [-0.05, 0) is 11.1 Å². The van der Waals surface area contributed by atoms with E-state index in [1.807, 2.05) is 60.7 Å². The van der Waals surface area contributed by atoms with Crippen LogP contribution >= 0.6 is 0 Å². The van der Waals surface area contributed by atoms with Crippen molar-refractivity contribution in [3.05, 3.63) is 107 Å². The summed E-state index contributed by atoms with van der Waals surface area (Å²) in [4.78, 5) is 24.2. The average Bonchev–Trinajstić information content (AvgIpc) is 2.88. The standard InChI is InChI=1S/2C15H12O4/c2*16-10-6-11(17)15-12(18)8-13(19-14(15)7-10)9-4-2-1-3-5-9/h2*1-7,13,16-17H,8H2. The predicted molar refractivity (Wildman–Crippen MR) is 137 cm³/mol. The Morgan fingerprint density at radius 2 is 0.921 bits per heavy atom. The van der Waals surface area contributed by atoms with Crippen LogP contribution in [-0.4, -0.2) is 32.0 Å². The van der Waals surface area contributed by atoms with Crippen molar-refractivity contribution in [1.82, 2.24) is 0 Å². The molecular formula is C30H24O8. The van der Waals surface area contributed by atoms with Crippen LogP contribution in [0.5, 0.6) is 34.5 Å². The van der Waals surface area contributed by atoms with E-state index in [1.165, 1.54) is 12.1 Å². The van der Waals surface area contributed by atoms with Crippen LogP contribution in [0.4, 0.5) is 0 Å². The molecule has 38 heavy (non-hydrogen) atoms. The molecule has 8 nitrogen and oxygen atoms in total. The van der Waals surface area contributed by atoms with Crippen molar-refractivity contribution in [2.75, 3.05) is 0 Å². The molecule has 2 aliphatic heterocycles. The first-order chi connectivity index (χ1) is 18.3. The van der Waals surface area contributed by atoms with Gasteiger partial charge >= 0.3 is 0 Å². The summed E-state index contributed by atoms with van der Waals surface area (Å²) in [6.07, 6.45) is -0.421. The van der Waals surface area contributed by atoms with Crippen LogP contribution in [0.1, 0.15) is 56.9 Å². The fraction of sp³-hybridized carbons (Fsp3) is 0.133. The fourth-order valence-corrected chi connectivity index (χ4v) is 4.56. The maximum Gasteiger partial charge on any atom is 0.174 e. The van der Waals surface area contributed by atoms with E-state index in [-0.39, 0.29) is 82.2 Å². The number of carbonyl (C=O) groups is 2. The minimum Gasteiger partial charge on any atom is -0.508 e. The van der Waals surface area contributed by atoms with E-state index in [2.05, 4.69) is 0 Å². The number of carbonyl (C=O) groups excluding carboxylic acids is 2. The molecule has 0 fully saturated rings. The van der Waals surface area contributed by atoms with Gasteiger partial charge in [0.1, 0.15) is 57.8 Å². The molecule has 2 heterocycles. The second kappa shape index (κ2) is 10.2. The van der Waals surface area contributed by atoms with Gasteiger partial charge in [0.25, 0.3) is 0 Å². The maximum absolute atomic E-state index is 12.1. The number of fused-ring (bicyclic) bond motifs is 2. The molecule has 4 aromatic rings. The van der Waals surface area contributed by atoms with Crippen LogP contribution in [0.25, 0.3) is 0 Å². The number of ketones is 2. The molecule has 0 aromatic heterocycles. The highest BCUT2D eigenvalue weighted by atomic mass is 16.5. The Bertz CT molecular complexity index is 1380. The Hall–Kier alpha value is -4.98. The van der Waals surface area contributed by atoms with E-state index >= 15 is 0 Å². The van der Waals surface area contributed by atoms with Gasteiger partial charge in [-0.25, -0.2) is 0 Å². The second-order valence-corrected chi connectivity index (χ2v) is 8.97. The number of phenolic OH excluding ortho intramolecular Hbond substituents is 4. The van der Waals surface area contributed by atoms with E-state index in [1.54, 1.807) is 0 Å². The zero-order valence-electron chi connectivity index (χ0n) is 20.1. The summed E-state index contributed by atoms with van der Waals surface area (Å²) < 4.78 is 11.4. The molecule has 6 rings (SSSR count). The van der Waals surface area contributed by atoms with Gasteiger partial charge in [-0.15, -0.1) is 0 Å². The third-order valence-corrected chi connectivity index (χ3v) is 6.31. The highest BCUT2D eigenvalue weighted by molar-refractivity contribution is 6.03. The van der Waals surface area contributed by atoms with Gasteiger partial charge in [-0.2, -0.15) is 0 Å². The molecule has 2 atom stereocenters. The summed E-state index contributed by atoms with van der Waals surface area (Å²) in [5.74, 6) is -0.668. The van der Waals surface area contributed by atoms with Crippen LogP contribution < -0.4 is 9.47 Å². The number of ether oxygens (including phenoxy) is 2. The molecule has 0 amide bonds. The van der Waals surface area contributed by atoms with Gasteiger partial charge in [-0.1, -0.05) is 60.7 Å². The Morgan fingerprint density at radius 3 is 1.29 bits per heavy atom. The Morgan fingerprint density at radius 1 is 0.553 bits per heavy atom. The normalized spacial score (nSPS) is 17.7. The summed E-state index contributed by atoms with van der Waals surface area (Å²) in [6.45, 7) is 0. The first-order valence-corrected chi connectivity index (χ1v) is 11.9. The van der Waals surface area contributed by atoms with Crippen molar-refractivity contribution in [1.29, 1.82) is 0 Å². The minimum atomic E-state index is -0.387. The van der Waals surface area contributed by atoms with E-state index < -0.39 is 0 Å². The van der Waals surface area contributed by atoms with Crippen LogP contribution in [0, 0.1) is 0 Å². The molecule has 4 aromatic carbocycles. The topological polar surface area (TPSA) is 134 Å². The van der Waals surface area contributed by atoms with E-state index in [0.717, 1.165) is 23.3 Å². The number of hydrogen-bond acceptors (Lipinski definition) is 8. The number of phenols is 4. The Labute approximate surface area is 218 Å². The molecule has 192 valence electrons. The second-order valence-electron chi connectivity index (χ2n) is 8.97. The van der Waals surface area contributed by atoms with Gasteiger partial charge in [0, 0.05) is 24.3 Å². The van der Waals surface area contributed by atoms with Crippen LogP contribution in [-0.2, 0) is 0 Å². The highest BCUT2D eigenvalue weighted by Crippen LogP contribution is 2.42. The largest absolute Gasteiger partial charge is 0.508 e. The molecule has 0 saturated carbocycles. The number of hydrogen-bond donors (Lipinski definition) is 4. The molecule has 0 bridgehead atoms. The smallest absolute Gasteiger partial charge is 0.174 e. The highest BCUT2D eigenvalue weighted by Gasteiger charge is 2.31. The lowest BCUT2D eigenvalue weighted by atomic mass is 9.95. The third kappa shape index (κ3) is 4.97. The number of aromatic hydroxyl groups is 4. The molecule has 2 aliphatic rings. The number of benzene rings is 4. The first kappa shape index (κ1) is 24.7. The SMILES string of the molecule is O=C1CC(c2ccccc2)Oc2cc(O)cc(O)c21.O=C1CC(c2ccccc2)Oc2cc(O)cc(O)c21. The summed E-state index contributed by atoms with van der Waals surface area (Å²) in [7, 11) is 0. The molecule has 8 heteroatoms.